The molecule has 0 heterocycles. The van der Waals surface area contributed by atoms with E-state index in [9.17, 15) is 0 Å². The fourth-order valence-electron chi connectivity index (χ4n) is 3.91. The molecule has 1 aliphatic carbocycles. The van der Waals surface area contributed by atoms with Gasteiger partial charge < -0.3 is 0 Å². The predicted molar refractivity (Wildman–Crippen MR) is 127 cm³/mol. The van der Waals surface area contributed by atoms with Gasteiger partial charge in [0.1, 0.15) is 0 Å². The van der Waals surface area contributed by atoms with Gasteiger partial charge in [-0.15, -0.1) is 0 Å². The highest BCUT2D eigenvalue weighted by Gasteiger charge is 2.41. The Bertz CT molecular complexity index is 610. The van der Waals surface area contributed by atoms with Crippen molar-refractivity contribution in [3.8, 4) is 0 Å². The molecular formula is C27H44. The Morgan fingerprint density at radius 1 is 0.963 bits per heavy atom. The van der Waals surface area contributed by atoms with E-state index in [1.165, 1.54) is 29.5 Å². The molecule has 0 aromatic heterocycles. The molecule has 0 saturated heterocycles. The van der Waals surface area contributed by atoms with Gasteiger partial charge in [-0.3, -0.25) is 0 Å². The van der Waals surface area contributed by atoms with Gasteiger partial charge in [-0.2, -0.15) is 0 Å². The molecule has 1 aromatic carbocycles. The largest absolute Gasteiger partial charge is 0.0985 e. The third-order valence-corrected chi connectivity index (χ3v) is 5.40. The third-order valence-electron chi connectivity index (χ3n) is 5.40. The van der Waals surface area contributed by atoms with Crippen molar-refractivity contribution >= 4 is 11.6 Å². The minimum atomic E-state index is 0.0920. The second-order valence-electron chi connectivity index (χ2n) is 7.92. The van der Waals surface area contributed by atoms with Crippen molar-refractivity contribution in [2.24, 2.45) is 10.8 Å². The molecule has 0 spiro atoms. The van der Waals surface area contributed by atoms with Crippen LogP contribution in [-0.2, 0) is 0 Å². The van der Waals surface area contributed by atoms with Crippen molar-refractivity contribution in [1.29, 1.82) is 0 Å². The summed E-state index contributed by atoms with van der Waals surface area (Å²) >= 11 is 0. The molecule has 0 radical (unpaired) electrons. The first-order chi connectivity index (χ1) is 12.8. The number of hydrogen-bond donors (Lipinski definition) is 0. The zero-order chi connectivity index (χ0) is 21.1. The monoisotopic (exact) mass is 368 g/mol. The van der Waals surface area contributed by atoms with E-state index < -0.39 is 0 Å². The van der Waals surface area contributed by atoms with E-state index in [0.717, 1.165) is 12.8 Å². The topological polar surface area (TPSA) is 0 Å². The quantitative estimate of drug-likeness (QED) is 0.464. The molecule has 0 heteroatoms. The first-order valence-corrected chi connectivity index (χ1v) is 10.9. The van der Waals surface area contributed by atoms with Crippen LogP contribution in [0.15, 0.2) is 48.6 Å². The van der Waals surface area contributed by atoms with Crippen LogP contribution in [0.3, 0.4) is 0 Å². The zero-order valence-electron chi connectivity index (χ0n) is 19.6. The van der Waals surface area contributed by atoms with Crippen LogP contribution in [0.5, 0.6) is 0 Å². The first-order valence-electron chi connectivity index (χ1n) is 10.9. The zero-order valence-corrected chi connectivity index (χ0v) is 19.6. The molecule has 1 aromatic rings. The summed E-state index contributed by atoms with van der Waals surface area (Å²) in [5, 5.41) is 0. The molecule has 0 fully saturated rings. The molecule has 1 unspecified atom stereocenters. The second-order valence-corrected chi connectivity index (χ2v) is 7.92. The summed E-state index contributed by atoms with van der Waals surface area (Å²) in [5.41, 5.74) is 5.99. The normalized spacial score (nSPS) is 22.0. The Labute approximate surface area is 170 Å². The molecule has 0 saturated carbocycles. The highest BCUT2D eigenvalue weighted by Crippen LogP contribution is 2.55. The minimum Gasteiger partial charge on any atom is -0.0985 e. The maximum atomic E-state index is 3.84. The van der Waals surface area contributed by atoms with Crippen molar-refractivity contribution in [3.63, 3.8) is 0 Å². The van der Waals surface area contributed by atoms with Crippen molar-refractivity contribution in [3.05, 3.63) is 59.7 Å². The molecule has 0 aliphatic heterocycles. The molecule has 0 bridgehead atoms. The minimum absolute atomic E-state index is 0.0920. The standard InChI is InChI=1S/C22H30.C3H8.C2H6/c1-7-10-20-21(4,5)19(15-16-22(20,6)9-3)18-13-11-17(8-2)12-14-18;1-3-2;1-2/h8,10-15H,2,7,9,16H2,1,3-6H3;3H2,1-2H3;1-2H3/b20-10-;;. The van der Waals surface area contributed by atoms with Gasteiger partial charge in [-0.1, -0.05) is 123 Å². The van der Waals surface area contributed by atoms with Crippen molar-refractivity contribution in [2.45, 2.75) is 88.0 Å². The Balaban J connectivity index is 0.00000123. The maximum absolute atomic E-state index is 3.84. The van der Waals surface area contributed by atoms with Crippen molar-refractivity contribution in [2.75, 3.05) is 0 Å². The van der Waals surface area contributed by atoms with Crippen LogP contribution in [0.1, 0.15) is 99.1 Å². The van der Waals surface area contributed by atoms with E-state index in [0.29, 0.717) is 5.41 Å². The molecule has 27 heavy (non-hydrogen) atoms. The third kappa shape index (κ3) is 6.23. The SMILES string of the molecule is C=Cc1ccc(C2=CCC(C)(CC)/C(=C\CC)C2(C)C)cc1.CC.CCC. The van der Waals surface area contributed by atoms with Crippen LogP contribution < -0.4 is 0 Å². The predicted octanol–water partition coefficient (Wildman–Crippen LogP) is 9.34. The van der Waals surface area contributed by atoms with Crippen LogP contribution in [-0.4, -0.2) is 0 Å². The smallest absolute Gasteiger partial charge is 0.0113 e. The summed E-state index contributed by atoms with van der Waals surface area (Å²) in [5.74, 6) is 0. The maximum Gasteiger partial charge on any atom is 0.0113 e. The van der Waals surface area contributed by atoms with Gasteiger partial charge >= 0.3 is 0 Å². The van der Waals surface area contributed by atoms with Crippen LogP contribution in [0.25, 0.3) is 11.6 Å². The van der Waals surface area contributed by atoms with Gasteiger partial charge in [0.15, 0.2) is 0 Å². The van der Waals surface area contributed by atoms with Crippen molar-refractivity contribution < 1.29 is 0 Å². The lowest BCUT2D eigenvalue weighted by Gasteiger charge is -2.46. The van der Waals surface area contributed by atoms with E-state index in [1.54, 1.807) is 5.57 Å². The van der Waals surface area contributed by atoms with Gasteiger partial charge in [0, 0.05) is 5.41 Å². The summed E-state index contributed by atoms with van der Waals surface area (Å²) < 4.78 is 0. The lowest BCUT2D eigenvalue weighted by atomic mass is 9.58. The van der Waals surface area contributed by atoms with Gasteiger partial charge in [0.05, 0.1) is 0 Å². The molecule has 0 amide bonds. The highest BCUT2D eigenvalue weighted by atomic mass is 14.5. The number of allylic oxidation sites excluding steroid dienone is 4. The van der Waals surface area contributed by atoms with Crippen LogP contribution in [0.4, 0.5) is 0 Å². The molecule has 152 valence electrons. The fourth-order valence-corrected chi connectivity index (χ4v) is 3.91. The Kier molecular flexibility index (Phi) is 11.3. The Hall–Kier alpha value is -1.56. The van der Waals surface area contributed by atoms with E-state index in [-0.39, 0.29) is 5.41 Å². The number of rotatable bonds is 4. The summed E-state index contributed by atoms with van der Waals surface area (Å²) in [7, 11) is 0. The average molecular weight is 369 g/mol. The van der Waals surface area contributed by atoms with E-state index in [2.05, 4.69) is 91.5 Å². The summed E-state index contributed by atoms with van der Waals surface area (Å²) in [6, 6.07) is 8.80. The highest BCUT2D eigenvalue weighted by molar-refractivity contribution is 5.75. The Morgan fingerprint density at radius 2 is 1.48 bits per heavy atom. The Morgan fingerprint density at radius 3 is 1.89 bits per heavy atom. The molecule has 2 rings (SSSR count). The summed E-state index contributed by atoms with van der Waals surface area (Å²) in [4.78, 5) is 0. The first kappa shape index (κ1) is 25.4. The van der Waals surface area contributed by atoms with Gasteiger partial charge in [-0.25, -0.2) is 0 Å². The van der Waals surface area contributed by atoms with E-state index in [4.69, 9.17) is 0 Å². The molecule has 1 aliphatic rings. The summed E-state index contributed by atoms with van der Waals surface area (Å²) in [6.45, 7) is 23.8. The summed E-state index contributed by atoms with van der Waals surface area (Å²) in [6.07, 6.45) is 11.5. The van der Waals surface area contributed by atoms with Gasteiger partial charge in [-0.05, 0) is 41.4 Å². The van der Waals surface area contributed by atoms with Gasteiger partial charge in [0.25, 0.3) is 0 Å². The average Bonchev–Trinajstić information content (AvgIpc) is 2.67. The molecule has 1 atom stereocenters. The van der Waals surface area contributed by atoms with Crippen molar-refractivity contribution in [1.82, 2.24) is 0 Å². The second kappa shape index (κ2) is 12.0. The van der Waals surface area contributed by atoms with E-state index in [1.807, 2.05) is 19.9 Å². The van der Waals surface area contributed by atoms with Crippen LogP contribution in [0, 0.1) is 10.8 Å². The fraction of sp³-hybridized carbons (Fsp3) is 0.556. The van der Waals surface area contributed by atoms with Crippen LogP contribution >= 0.6 is 0 Å². The molecule has 0 N–H and O–H groups in total. The number of hydrogen-bond acceptors (Lipinski definition) is 0. The lowest BCUT2D eigenvalue weighted by Crippen LogP contribution is -2.33. The van der Waals surface area contributed by atoms with E-state index >= 15 is 0 Å². The van der Waals surface area contributed by atoms with Crippen LogP contribution in [0.2, 0.25) is 0 Å². The molecular weight excluding hydrogens is 324 g/mol. The number of benzene rings is 1. The lowest BCUT2D eigenvalue weighted by molar-refractivity contribution is 0.310. The molecule has 0 nitrogen and oxygen atoms in total. The van der Waals surface area contributed by atoms with Gasteiger partial charge in [0.2, 0.25) is 0 Å².